The lowest BCUT2D eigenvalue weighted by atomic mass is 10.0. The SMILES string of the molecule is CCCCCCCCCCOc1ccc(C(=O)CC(=O)c2ccc(OCCCCCCCCCC)c(OCCCCCCCCCC)c2)cc1OCCCCCCCCCC. The van der Waals surface area contributed by atoms with Gasteiger partial charge in [-0.25, -0.2) is 0 Å². The summed E-state index contributed by atoms with van der Waals surface area (Å²) in [6.07, 6.45) is 39.2. The first kappa shape index (κ1) is 54.1. The Morgan fingerprint density at radius 2 is 0.541 bits per heavy atom. The number of ether oxygens (including phenoxy) is 4. The van der Waals surface area contributed by atoms with Crippen LogP contribution in [0.4, 0.5) is 0 Å². The van der Waals surface area contributed by atoms with Crippen molar-refractivity contribution < 1.29 is 28.5 Å². The molecule has 2 aromatic rings. The Labute approximate surface area is 375 Å². The van der Waals surface area contributed by atoms with Crippen molar-refractivity contribution in [2.24, 2.45) is 0 Å². The second-order valence-electron chi connectivity index (χ2n) is 17.6. The van der Waals surface area contributed by atoms with Gasteiger partial charge >= 0.3 is 0 Å². The number of unbranched alkanes of at least 4 members (excludes halogenated alkanes) is 28. The van der Waals surface area contributed by atoms with Crippen molar-refractivity contribution in [2.75, 3.05) is 26.4 Å². The first-order valence-electron chi connectivity index (χ1n) is 25.9. The van der Waals surface area contributed by atoms with Crippen molar-refractivity contribution in [1.29, 1.82) is 0 Å². The van der Waals surface area contributed by atoms with Gasteiger partial charge < -0.3 is 18.9 Å². The molecule has 2 rings (SSSR count). The molecular weight excluding hydrogens is 757 g/mol. The molecule has 61 heavy (non-hydrogen) atoms. The third-order valence-electron chi connectivity index (χ3n) is 11.9. The average Bonchev–Trinajstić information content (AvgIpc) is 3.27. The number of carbonyl (C=O) groups excluding carboxylic acids is 2. The van der Waals surface area contributed by atoms with E-state index in [1.54, 1.807) is 24.3 Å². The van der Waals surface area contributed by atoms with Gasteiger partial charge in [-0.05, 0) is 62.1 Å². The third-order valence-corrected chi connectivity index (χ3v) is 11.9. The summed E-state index contributed by atoms with van der Waals surface area (Å²) in [5.74, 6) is 2.07. The Morgan fingerprint density at radius 1 is 0.311 bits per heavy atom. The van der Waals surface area contributed by atoms with Crippen LogP contribution in [0.5, 0.6) is 23.0 Å². The number of hydrogen-bond acceptors (Lipinski definition) is 6. The van der Waals surface area contributed by atoms with Gasteiger partial charge in [0.05, 0.1) is 32.8 Å². The standard InChI is InChI=1S/C55H92O6/c1-5-9-13-17-21-25-29-33-41-58-52-39-37-48(45-54(52)60-43-35-31-27-23-19-15-11-7-3)50(56)47-51(57)49-38-40-53(59-42-34-30-26-22-18-14-10-6-2)55(46-49)61-44-36-32-28-24-20-16-12-8-4/h37-40,45-46H,5-36,41-44,47H2,1-4H3. The summed E-state index contributed by atoms with van der Waals surface area (Å²) in [6, 6.07) is 10.8. The highest BCUT2D eigenvalue weighted by Crippen LogP contribution is 2.32. The fraction of sp³-hybridized carbons (Fsp3) is 0.745. The van der Waals surface area contributed by atoms with Crippen molar-refractivity contribution in [1.82, 2.24) is 0 Å². The van der Waals surface area contributed by atoms with E-state index in [1.165, 1.54) is 154 Å². The predicted molar refractivity (Wildman–Crippen MR) is 259 cm³/mol. The number of ketones is 2. The van der Waals surface area contributed by atoms with E-state index in [4.69, 9.17) is 18.9 Å². The molecule has 0 aliphatic rings. The minimum Gasteiger partial charge on any atom is -0.490 e. The maximum absolute atomic E-state index is 13.7. The van der Waals surface area contributed by atoms with Gasteiger partial charge in [0.25, 0.3) is 0 Å². The zero-order valence-electron chi connectivity index (χ0n) is 40.1. The van der Waals surface area contributed by atoms with Crippen molar-refractivity contribution in [2.45, 2.75) is 240 Å². The van der Waals surface area contributed by atoms with Gasteiger partial charge in [0, 0.05) is 11.1 Å². The van der Waals surface area contributed by atoms with E-state index in [-0.39, 0.29) is 18.0 Å². The summed E-state index contributed by atoms with van der Waals surface area (Å²) in [5.41, 5.74) is 0.936. The van der Waals surface area contributed by atoms with Crippen LogP contribution in [0.2, 0.25) is 0 Å². The molecular formula is C55H92O6. The summed E-state index contributed by atoms with van der Waals surface area (Å²) >= 11 is 0. The second-order valence-corrected chi connectivity index (χ2v) is 17.6. The molecule has 0 saturated carbocycles. The van der Waals surface area contributed by atoms with Gasteiger partial charge in [-0.3, -0.25) is 9.59 Å². The Morgan fingerprint density at radius 3 is 0.803 bits per heavy atom. The smallest absolute Gasteiger partial charge is 0.170 e. The lowest BCUT2D eigenvalue weighted by molar-refractivity contribution is 0.0893. The van der Waals surface area contributed by atoms with Crippen molar-refractivity contribution >= 4 is 11.6 Å². The molecule has 0 atom stereocenters. The molecule has 0 unspecified atom stereocenters. The van der Waals surface area contributed by atoms with Crippen LogP contribution < -0.4 is 18.9 Å². The molecule has 2 aromatic carbocycles. The maximum Gasteiger partial charge on any atom is 0.170 e. The van der Waals surface area contributed by atoms with E-state index in [2.05, 4.69) is 27.7 Å². The number of rotatable bonds is 44. The van der Waals surface area contributed by atoms with E-state index < -0.39 is 0 Å². The molecule has 0 spiro atoms. The molecule has 0 heterocycles. The van der Waals surface area contributed by atoms with Gasteiger partial charge in [0.1, 0.15) is 0 Å². The molecule has 0 aliphatic carbocycles. The summed E-state index contributed by atoms with van der Waals surface area (Å²) < 4.78 is 25.0. The van der Waals surface area contributed by atoms with Crippen molar-refractivity contribution in [3.63, 3.8) is 0 Å². The molecule has 0 radical (unpaired) electrons. The molecule has 348 valence electrons. The van der Waals surface area contributed by atoms with E-state index in [0.29, 0.717) is 60.6 Å². The monoisotopic (exact) mass is 849 g/mol. The third kappa shape index (κ3) is 27.6. The van der Waals surface area contributed by atoms with Crippen LogP contribution >= 0.6 is 0 Å². The zero-order valence-corrected chi connectivity index (χ0v) is 40.1. The van der Waals surface area contributed by atoms with Crippen LogP contribution in [0.25, 0.3) is 0 Å². The Hall–Kier alpha value is -3.02. The number of benzene rings is 2. The largest absolute Gasteiger partial charge is 0.490 e. The van der Waals surface area contributed by atoms with Gasteiger partial charge in [-0.1, -0.05) is 207 Å². The topological polar surface area (TPSA) is 71.1 Å². The summed E-state index contributed by atoms with van der Waals surface area (Å²) in [6.45, 7) is 11.4. The first-order valence-corrected chi connectivity index (χ1v) is 25.9. The number of carbonyl (C=O) groups is 2. The van der Waals surface area contributed by atoms with E-state index >= 15 is 0 Å². The molecule has 0 amide bonds. The van der Waals surface area contributed by atoms with Crippen LogP contribution in [-0.2, 0) is 0 Å². The van der Waals surface area contributed by atoms with Crippen LogP contribution in [0.3, 0.4) is 0 Å². The lowest BCUT2D eigenvalue weighted by Crippen LogP contribution is -2.11. The Kier molecular flexibility index (Phi) is 34.3. The highest BCUT2D eigenvalue weighted by molar-refractivity contribution is 6.13. The minimum absolute atomic E-state index is 0.229. The maximum atomic E-state index is 13.7. The van der Waals surface area contributed by atoms with Crippen LogP contribution in [0.1, 0.15) is 260 Å². The van der Waals surface area contributed by atoms with E-state index in [0.717, 1.165) is 51.4 Å². The Balaban J connectivity index is 2.04. The summed E-state index contributed by atoms with van der Waals surface area (Å²) in [5, 5.41) is 0. The van der Waals surface area contributed by atoms with Crippen molar-refractivity contribution in [3.05, 3.63) is 47.5 Å². The van der Waals surface area contributed by atoms with Gasteiger partial charge in [0.2, 0.25) is 0 Å². The fourth-order valence-electron chi connectivity index (χ4n) is 7.85. The predicted octanol–water partition coefficient (Wildman–Crippen LogP) is 17.2. The van der Waals surface area contributed by atoms with Crippen LogP contribution in [-0.4, -0.2) is 38.0 Å². The second kappa shape index (κ2) is 38.6. The fourth-order valence-corrected chi connectivity index (χ4v) is 7.85. The van der Waals surface area contributed by atoms with Crippen LogP contribution in [0.15, 0.2) is 36.4 Å². The normalized spacial score (nSPS) is 11.2. The molecule has 0 bridgehead atoms. The van der Waals surface area contributed by atoms with Gasteiger partial charge in [-0.15, -0.1) is 0 Å². The van der Waals surface area contributed by atoms with Crippen LogP contribution in [0, 0.1) is 0 Å². The summed E-state index contributed by atoms with van der Waals surface area (Å²) in [7, 11) is 0. The van der Waals surface area contributed by atoms with Gasteiger partial charge in [0.15, 0.2) is 34.6 Å². The zero-order chi connectivity index (χ0) is 43.9. The molecule has 0 aromatic heterocycles. The van der Waals surface area contributed by atoms with E-state index in [9.17, 15) is 9.59 Å². The van der Waals surface area contributed by atoms with Crippen molar-refractivity contribution in [3.8, 4) is 23.0 Å². The molecule has 0 aliphatic heterocycles. The lowest BCUT2D eigenvalue weighted by Gasteiger charge is -2.15. The summed E-state index contributed by atoms with van der Waals surface area (Å²) in [4.78, 5) is 27.4. The highest BCUT2D eigenvalue weighted by Gasteiger charge is 2.19. The molecule has 6 heteroatoms. The minimum atomic E-state index is -0.230. The number of hydrogen-bond donors (Lipinski definition) is 0. The number of Topliss-reactive ketones (excluding diaryl/α,β-unsaturated/α-hetero) is 2. The van der Waals surface area contributed by atoms with Gasteiger partial charge in [-0.2, -0.15) is 0 Å². The molecule has 0 fully saturated rings. The molecule has 6 nitrogen and oxygen atoms in total. The van der Waals surface area contributed by atoms with E-state index in [1.807, 2.05) is 12.1 Å². The molecule has 0 saturated heterocycles. The highest BCUT2D eigenvalue weighted by atomic mass is 16.5. The Bertz CT molecular complexity index is 1250. The first-order chi connectivity index (χ1) is 30.0. The quantitative estimate of drug-likeness (QED) is 0.0376. The molecule has 0 N–H and O–H groups in total. The average molecular weight is 849 g/mol.